The Morgan fingerprint density at radius 1 is 1.28 bits per heavy atom. The van der Waals surface area contributed by atoms with Gasteiger partial charge in [0.05, 0.1) is 17.8 Å². The lowest BCUT2D eigenvalue weighted by Crippen LogP contribution is -2.30. The Labute approximate surface area is 121 Å². The van der Waals surface area contributed by atoms with Gasteiger partial charge in [-0.15, -0.1) is 0 Å². The molecule has 0 saturated carbocycles. The van der Waals surface area contributed by atoms with Gasteiger partial charge < -0.3 is 5.11 Å². The Bertz CT molecular complexity index is 521. The van der Waals surface area contributed by atoms with Crippen LogP contribution in [0.4, 0.5) is 5.69 Å². The van der Waals surface area contributed by atoms with Crippen molar-refractivity contribution in [3.63, 3.8) is 0 Å². The van der Waals surface area contributed by atoms with E-state index in [1.807, 2.05) is 18.2 Å². The first-order chi connectivity index (χ1) is 8.54. The highest BCUT2D eigenvalue weighted by atomic mass is 79.9. The number of aliphatic carboxylic acids is 1. The molecular formula is C12H10Br2N2O2. The van der Waals surface area contributed by atoms with E-state index in [0.717, 1.165) is 14.6 Å². The lowest BCUT2D eigenvalue weighted by atomic mass is 10.2. The van der Waals surface area contributed by atoms with Crippen molar-refractivity contribution in [2.24, 2.45) is 0 Å². The first-order valence-electron chi connectivity index (χ1n) is 5.14. The van der Waals surface area contributed by atoms with Gasteiger partial charge in [-0.1, -0.05) is 31.9 Å². The van der Waals surface area contributed by atoms with Crippen LogP contribution in [0, 0.1) is 0 Å². The van der Waals surface area contributed by atoms with Crippen LogP contribution in [0.15, 0.2) is 51.1 Å². The molecule has 0 radical (unpaired) electrons. The van der Waals surface area contributed by atoms with Crippen LogP contribution in [-0.4, -0.2) is 22.6 Å². The molecule has 0 spiro atoms. The second-order valence-corrected chi connectivity index (χ2v) is 5.57. The van der Waals surface area contributed by atoms with Crippen LogP contribution in [-0.2, 0) is 4.79 Å². The predicted molar refractivity (Wildman–Crippen MR) is 77.0 cm³/mol. The van der Waals surface area contributed by atoms with Crippen LogP contribution in [0.3, 0.4) is 0 Å². The van der Waals surface area contributed by atoms with Crippen molar-refractivity contribution < 1.29 is 9.90 Å². The summed E-state index contributed by atoms with van der Waals surface area (Å²) in [5, 5.41) is 10.7. The molecule has 0 fully saturated rings. The van der Waals surface area contributed by atoms with E-state index in [-0.39, 0.29) is 0 Å². The molecular weight excluding hydrogens is 364 g/mol. The highest BCUT2D eigenvalue weighted by Gasteiger charge is 2.13. The van der Waals surface area contributed by atoms with Crippen LogP contribution in [0.25, 0.3) is 0 Å². The Kier molecular flexibility index (Phi) is 4.08. The number of benzene rings is 1. The molecule has 6 heteroatoms. The molecule has 94 valence electrons. The van der Waals surface area contributed by atoms with Crippen LogP contribution in [0.2, 0.25) is 0 Å². The number of nitrogens with one attached hydrogen (secondary N) is 1. The van der Waals surface area contributed by atoms with Gasteiger partial charge >= 0.3 is 5.97 Å². The number of carbonyl (C=O) groups is 1. The maximum Gasteiger partial charge on any atom is 0.333 e. The van der Waals surface area contributed by atoms with Gasteiger partial charge in [0.15, 0.2) is 0 Å². The Balaban J connectivity index is 2.09. The van der Waals surface area contributed by atoms with E-state index >= 15 is 0 Å². The number of hydrazine groups is 1. The van der Waals surface area contributed by atoms with Gasteiger partial charge in [-0.05, 0) is 30.4 Å². The SMILES string of the molecule is O=C(O)C1=CC=CN(Nc2cc(Br)cc(Br)c2)C1. The zero-order valence-electron chi connectivity index (χ0n) is 9.23. The number of carboxylic acids is 1. The van der Waals surface area contributed by atoms with Gasteiger partial charge in [0.1, 0.15) is 0 Å². The fourth-order valence-electron chi connectivity index (χ4n) is 1.55. The number of rotatable bonds is 3. The molecule has 1 aromatic carbocycles. The molecule has 1 aliphatic rings. The molecule has 2 rings (SSSR count). The normalized spacial score (nSPS) is 14.3. The third kappa shape index (κ3) is 3.36. The first kappa shape index (κ1) is 13.2. The number of hydrogen-bond acceptors (Lipinski definition) is 3. The second kappa shape index (κ2) is 5.58. The number of carboxylic acid groups (broad SMARTS) is 1. The average Bonchev–Trinajstić information content (AvgIpc) is 2.27. The lowest BCUT2D eigenvalue weighted by molar-refractivity contribution is -0.132. The summed E-state index contributed by atoms with van der Waals surface area (Å²) in [7, 11) is 0. The lowest BCUT2D eigenvalue weighted by Gasteiger charge is -2.25. The van der Waals surface area contributed by atoms with Crippen molar-refractivity contribution in [3.8, 4) is 0 Å². The monoisotopic (exact) mass is 372 g/mol. The predicted octanol–water partition coefficient (Wildman–Crippen LogP) is 3.38. The minimum Gasteiger partial charge on any atom is -0.478 e. The highest BCUT2D eigenvalue weighted by Crippen LogP contribution is 2.24. The Hall–Kier alpha value is -1.27. The minimum absolute atomic E-state index is 0.315. The molecule has 1 aliphatic heterocycles. The van der Waals surface area contributed by atoms with Crippen molar-refractivity contribution in [3.05, 3.63) is 51.1 Å². The van der Waals surface area contributed by atoms with E-state index in [1.165, 1.54) is 0 Å². The fraction of sp³-hybridized carbons (Fsp3) is 0.0833. The summed E-state index contributed by atoms with van der Waals surface area (Å²) in [6.45, 7) is 0.315. The number of allylic oxidation sites excluding steroid dienone is 2. The van der Waals surface area contributed by atoms with Gasteiger partial charge in [-0.3, -0.25) is 10.4 Å². The van der Waals surface area contributed by atoms with Gasteiger partial charge in [-0.2, -0.15) is 0 Å². The summed E-state index contributed by atoms with van der Waals surface area (Å²) in [5.74, 6) is -0.901. The highest BCUT2D eigenvalue weighted by molar-refractivity contribution is 9.11. The van der Waals surface area contributed by atoms with Crippen LogP contribution in [0.1, 0.15) is 0 Å². The Morgan fingerprint density at radius 2 is 1.94 bits per heavy atom. The molecule has 0 unspecified atom stereocenters. The standard InChI is InChI=1S/C12H10Br2N2O2/c13-9-4-10(14)6-11(5-9)15-16-3-1-2-8(7-16)12(17)18/h1-6,15H,7H2,(H,17,18). The fourth-order valence-corrected chi connectivity index (χ4v) is 2.85. The smallest absolute Gasteiger partial charge is 0.333 e. The van der Waals surface area contributed by atoms with Gasteiger partial charge in [0.25, 0.3) is 0 Å². The molecule has 0 aromatic heterocycles. The summed E-state index contributed by atoms with van der Waals surface area (Å²) >= 11 is 6.80. The zero-order chi connectivity index (χ0) is 13.1. The largest absolute Gasteiger partial charge is 0.478 e. The van der Waals surface area contributed by atoms with Crippen molar-refractivity contribution in [2.75, 3.05) is 12.0 Å². The third-order valence-electron chi connectivity index (χ3n) is 2.31. The van der Waals surface area contributed by atoms with Crippen LogP contribution < -0.4 is 5.43 Å². The van der Waals surface area contributed by atoms with Crippen LogP contribution in [0.5, 0.6) is 0 Å². The third-order valence-corrected chi connectivity index (χ3v) is 3.23. The van der Waals surface area contributed by atoms with E-state index < -0.39 is 5.97 Å². The van der Waals surface area contributed by atoms with Crippen molar-refractivity contribution >= 4 is 43.5 Å². The van der Waals surface area contributed by atoms with Gasteiger partial charge in [0, 0.05) is 15.1 Å². The molecule has 1 aromatic rings. The van der Waals surface area contributed by atoms with E-state index in [0.29, 0.717) is 12.1 Å². The Morgan fingerprint density at radius 3 is 2.56 bits per heavy atom. The molecule has 0 bridgehead atoms. The average molecular weight is 374 g/mol. The van der Waals surface area contributed by atoms with Crippen molar-refractivity contribution in [1.29, 1.82) is 0 Å². The first-order valence-corrected chi connectivity index (χ1v) is 6.73. The van der Waals surface area contributed by atoms with Gasteiger partial charge in [0.2, 0.25) is 0 Å². The van der Waals surface area contributed by atoms with Crippen molar-refractivity contribution in [2.45, 2.75) is 0 Å². The molecule has 18 heavy (non-hydrogen) atoms. The number of nitrogens with zero attached hydrogens (tertiary/aromatic N) is 1. The molecule has 0 amide bonds. The molecule has 4 nitrogen and oxygen atoms in total. The maximum atomic E-state index is 10.9. The minimum atomic E-state index is -0.901. The number of hydrogen-bond donors (Lipinski definition) is 2. The van der Waals surface area contributed by atoms with E-state index in [9.17, 15) is 4.79 Å². The summed E-state index contributed by atoms with van der Waals surface area (Å²) in [4.78, 5) is 10.9. The molecule has 0 saturated heterocycles. The quantitative estimate of drug-likeness (QED) is 0.852. The van der Waals surface area contributed by atoms with Crippen LogP contribution >= 0.6 is 31.9 Å². The zero-order valence-corrected chi connectivity index (χ0v) is 12.4. The molecule has 0 atom stereocenters. The summed E-state index contributed by atoms with van der Waals surface area (Å²) < 4.78 is 1.88. The number of anilines is 1. The topological polar surface area (TPSA) is 52.6 Å². The van der Waals surface area contributed by atoms with Crippen molar-refractivity contribution in [1.82, 2.24) is 5.01 Å². The van der Waals surface area contributed by atoms with E-state index in [4.69, 9.17) is 5.11 Å². The maximum absolute atomic E-state index is 10.9. The second-order valence-electron chi connectivity index (χ2n) is 3.74. The molecule has 2 N–H and O–H groups in total. The molecule has 0 aliphatic carbocycles. The van der Waals surface area contributed by atoms with E-state index in [1.54, 1.807) is 23.4 Å². The van der Waals surface area contributed by atoms with E-state index in [2.05, 4.69) is 37.3 Å². The summed E-state index contributed by atoms with van der Waals surface area (Å²) in [5.41, 5.74) is 4.34. The van der Waals surface area contributed by atoms with Gasteiger partial charge in [-0.25, -0.2) is 4.79 Å². The summed E-state index contributed by atoms with van der Waals surface area (Å²) in [6.07, 6.45) is 5.09. The molecule has 1 heterocycles. The number of halogens is 2. The summed E-state index contributed by atoms with van der Waals surface area (Å²) in [6, 6.07) is 5.76.